The monoisotopic (exact) mass is 367 g/mol. The molecule has 0 radical (unpaired) electrons. The number of benzene rings is 2. The molecule has 0 aliphatic heterocycles. The van der Waals surface area contributed by atoms with Gasteiger partial charge < -0.3 is 0 Å². The zero-order chi connectivity index (χ0) is 19.0. The number of para-hydroxylation sites is 1. The second-order valence-electron chi connectivity index (χ2n) is 5.12. The molecule has 0 bridgehead atoms. The van der Waals surface area contributed by atoms with Crippen LogP contribution in [0.15, 0.2) is 41.2 Å². The van der Waals surface area contributed by atoms with E-state index in [4.69, 9.17) is 0 Å². The first-order chi connectivity index (χ1) is 12.3. The Morgan fingerprint density at radius 2 is 1.58 bits per heavy atom. The van der Waals surface area contributed by atoms with Gasteiger partial charge in [-0.3, -0.25) is 4.90 Å². The summed E-state index contributed by atoms with van der Waals surface area (Å²) in [5, 5.41) is 6.55. The largest absolute Gasteiger partial charge is 0.377 e. The van der Waals surface area contributed by atoms with E-state index in [-0.39, 0.29) is 15.1 Å². The summed E-state index contributed by atoms with van der Waals surface area (Å²) in [7, 11) is 1.13. The molecule has 0 atom stereocenters. The lowest BCUT2D eigenvalue weighted by atomic mass is 10.3. The molecular formula is C15H9F4N5O2. The van der Waals surface area contributed by atoms with Crippen molar-refractivity contribution in [3.63, 3.8) is 0 Å². The molecule has 3 aromatic rings. The summed E-state index contributed by atoms with van der Waals surface area (Å²) < 4.78 is 54.6. The maximum atomic E-state index is 13.8. The normalized spacial score (nSPS) is 10.8. The van der Waals surface area contributed by atoms with Crippen molar-refractivity contribution in [3.8, 4) is 5.69 Å². The predicted octanol–water partition coefficient (Wildman–Crippen LogP) is 2.09. The van der Waals surface area contributed by atoms with E-state index in [0.717, 1.165) is 42.3 Å². The highest BCUT2D eigenvalue weighted by molar-refractivity contribution is 5.92. The number of carbonyl (C=O) groups excluding carboxylic acids is 1. The second-order valence-corrected chi connectivity index (χ2v) is 5.12. The number of rotatable bonds is 2. The summed E-state index contributed by atoms with van der Waals surface area (Å²) in [6, 6.07) is 4.05. The topological polar surface area (TPSA) is 73.0 Å². The van der Waals surface area contributed by atoms with Crippen LogP contribution in [0.1, 0.15) is 0 Å². The Morgan fingerprint density at radius 3 is 2.15 bits per heavy atom. The molecule has 0 unspecified atom stereocenters. The Kier molecular flexibility index (Phi) is 4.28. The van der Waals surface area contributed by atoms with Gasteiger partial charge in [-0.2, -0.15) is 4.68 Å². The van der Waals surface area contributed by atoms with E-state index in [9.17, 15) is 27.2 Å². The molecule has 11 heteroatoms. The molecule has 0 fully saturated rings. The molecule has 7 nitrogen and oxygen atoms in total. The maximum absolute atomic E-state index is 13.8. The first kappa shape index (κ1) is 17.3. The highest BCUT2D eigenvalue weighted by atomic mass is 19.1. The lowest BCUT2D eigenvalue weighted by molar-refractivity contribution is 0.245. The zero-order valence-electron chi connectivity index (χ0n) is 13.0. The van der Waals surface area contributed by atoms with Crippen molar-refractivity contribution >= 4 is 11.7 Å². The fraction of sp³-hybridized carbons (Fsp3) is 0.0667. The number of tetrazole rings is 1. The molecule has 1 heterocycles. The van der Waals surface area contributed by atoms with Gasteiger partial charge >= 0.3 is 11.7 Å². The molecule has 1 aromatic heterocycles. The van der Waals surface area contributed by atoms with Gasteiger partial charge in [0.25, 0.3) is 0 Å². The van der Waals surface area contributed by atoms with Crippen molar-refractivity contribution in [2.45, 2.75) is 0 Å². The van der Waals surface area contributed by atoms with Gasteiger partial charge in [0.15, 0.2) is 11.6 Å². The van der Waals surface area contributed by atoms with Gasteiger partial charge in [0.2, 0.25) is 0 Å². The fourth-order valence-electron chi connectivity index (χ4n) is 2.18. The first-order valence-electron chi connectivity index (χ1n) is 7.03. The molecule has 134 valence electrons. The molecule has 0 aliphatic rings. The SMILES string of the molecule is CN(C(=O)n1nnn(-c2c(F)cccc2F)c1=O)c1cc(F)cc(F)c1. The third-order valence-electron chi connectivity index (χ3n) is 3.43. The second kappa shape index (κ2) is 6.43. The van der Waals surface area contributed by atoms with Crippen molar-refractivity contribution in [1.29, 1.82) is 0 Å². The summed E-state index contributed by atoms with van der Waals surface area (Å²) in [6.45, 7) is 0. The lowest BCUT2D eigenvalue weighted by Gasteiger charge is -2.15. The van der Waals surface area contributed by atoms with E-state index in [1.807, 2.05) is 0 Å². The standard InChI is InChI=1S/C15H9F4N5O2/c1-22(10-6-8(16)5-9(17)7-10)14(25)24-15(26)23(20-21-24)13-11(18)3-2-4-12(13)19/h2-7H,1H3. The van der Waals surface area contributed by atoms with Gasteiger partial charge in [0.1, 0.15) is 17.3 Å². The maximum Gasteiger partial charge on any atom is 0.377 e. The molecule has 0 saturated carbocycles. The van der Waals surface area contributed by atoms with Crippen molar-refractivity contribution in [3.05, 3.63) is 70.2 Å². The molecule has 1 amide bonds. The summed E-state index contributed by atoms with van der Waals surface area (Å²) in [5.74, 6) is -4.06. The van der Waals surface area contributed by atoms with Crippen LogP contribution >= 0.6 is 0 Å². The van der Waals surface area contributed by atoms with E-state index in [2.05, 4.69) is 10.4 Å². The Hall–Kier alpha value is -3.50. The van der Waals surface area contributed by atoms with Gasteiger partial charge in [-0.05, 0) is 34.7 Å². The Morgan fingerprint density at radius 1 is 1.00 bits per heavy atom. The molecule has 0 aliphatic carbocycles. The highest BCUT2D eigenvalue weighted by Gasteiger charge is 2.23. The van der Waals surface area contributed by atoms with E-state index in [0.29, 0.717) is 6.07 Å². The van der Waals surface area contributed by atoms with E-state index in [1.54, 1.807) is 0 Å². The molecule has 0 saturated heterocycles. The van der Waals surface area contributed by atoms with Gasteiger partial charge in [0, 0.05) is 13.1 Å². The highest BCUT2D eigenvalue weighted by Crippen LogP contribution is 2.18. The van der Waals surface area contributed by atoms with Crippen LogP contribution in [0.2, 0.25) is 0 Å². The fourth-order valence-corrected chi connectivity index (χ4v) is 2.18. The number of nitrogens with zero attached hydrogens (tertiary/aromatic N) is 5. The van der Waals surface area contributed by atoms with Gasteiger partial charge in [-0.15, -0.1) is 4.68 Å². The van der Waals surface area contributed by atoms with E-state index >= 15 is 0 Å². The average Bonchev–Trinajstić information content (AvgIpc) is 2.94. The number of carbonyl (C=O) groups is 1. The lowest BCUT2D eigenvalue weighted by Crippen LogP contribution is -2.39. The van der Waals surface area contributed by atoms with Crippen molar-refractivity contribution in [2.75, 3.05) is 11.9 Å². The van der Waals surface area contributed by atoms with Crippen LogP contribution in [0, 0.1) is 23.3 Å². The van der Waals surface area contributed by atoms with Crippen LogP contribution in [0.3, 0.4) is 0 Å². The summed E-state index contributed by atoms with van der Waals surface area (Å²) in [5.41, 5.74) is -2.27. The molecule has 0 N–H and O–H groups in total. The number of anilines is 1. The van der Waals surface area contributed by atoms with Crippen LogP contribution in [0.4, 0.5) is 28.0 Å². The van der Waals surface area contributed by atoms with Gasteiger partial charge in [-0.25, -0.2) is 27.2 Å². The Labute approximate surface area is 142 Å². The Balaban J connectivity index is 2.02. The minimum absolute atomic E-state index is 0.203. The van der Waals surface area contributed by atoms with E-state index in [1.165, 1.54) is 0 Å². The van der Waals surface area contributed by atoms with Crippen LogP contribution in [0.25, 0.3) is 5.69 Å². The minimum Gasteiger partial charge on any atom is -0.295 e. The molecular weight excluding hydrogens is 358 g/mol. The number of aromatic nitrogens is 4. The number of hydrogen-bond acceptors (Lipinski definition) is 4. The van der Waals surface area contributed by atoms with E-state index < -0.39 is 40.7 Å². The summed E-state index contributed by atoms with van der Waals surface area (Å²) in [4.78, 5) is 25.3. The van der Waals surface area contributed by atoms with Gasteiger partial charge in [-0.1, -0.05) is 6.07 Å². The molecule has 2 aromatic carbocycles. The quantitative estimate of drug-likeness (QED) is 0.514. The first-order valence-corrected chi connectivity index (χ1v) is 7.03. The Bertz CT molecular complexity index is 1020. The molecule has 0 spiro atoms. The summed E-state index contributed by atoms with van der Waals surface area (Å²) >= 11 is 0. The third-order valence-corrected chi connectivity index (χ3v) is 3.43. The molecule has 3 rings (SSSR count). The minimum atomic E-state index is -1.26. The number of halogens is 4. The smallest absolute Gasteiger partial charge is 0.295 e. The number of amides is 1. The average molecular weight is 367 g/mol. The van der Waals surface area contributed by atoms with Gasteiger partial charge in [0.05, 0.1) is 5.69 Å². The van der Waals surface area contributed by atoms with Crippen LogP contribution in [-0.4, -0.2) is 32.9 Å². The van der Waals surface area contributed by atoms with Crippen molar-refractivity contribution < 1.29 is 22.4 Å². The zero-order valence-corrected chi connectivity index (χ0v) is 13.0. The summed E-state index contributed by atoms with van der Waals surface area (Å²) in [6.07, 6.45) is 0. The van der Waals surface area contributed by atoms with Crippen molar-refractivity contribution in [2.24, 2.45) is 0 Å². The number of hydrogen-bond donors (Lipinski definition) is 0. The predicted molar refractivity (Wildman–Crippen MR) is 81.1 cm³/mol. The third kappa shape index (κ3) is 2.94. The van der Waals surface area contributed by atoms with Crippen LogP contribution in [0.5, 0.6) is 0 Å². The van der Waals surface area contributed by atoms with Crippen LogP contribution < -0.4 is 10.6 Å². The van der Waals surface area contributed by atoms with Crippen molar-refractivity contribution in [1.82, 2.24) is 19.8 Å². The van der Waals surface area contributed by atoms with Crippen LogP contribution in [-0.2, 0) is 0 Å². The molecule has 26 heavy (non-hydrogen) atoms.